The Balaban J connectivity index is 2.32. The molecule has 2 aromatic rings. The molecule has 0 heterocycles. The number of nitrogens with one attached hydrogen (secondary N) is 1. The Morgan fingerprint density at radius 2 is 1.79 bits per heavy atom. The molecule has 29 heavy (non-hydrogen) atoms. The van der Waals surface area contributed by atoms with E-state index >= 15 is 0 Å². The maximum Gasteiger partial charge on any atom is 0.417 e. The molecule has 0 radical (unpaired) electrons. The summed E-state index contributed by atoms with van der Waals surface area (Å²) in [5, 5.41) is 1.80. The molecule has 1 N–H and O–H groups in total. The molecule has 0 saturated carbocycles. The lowest BCUT2D eigenvalue weighted by Gasteiger charge is -2.25. The Bertz CT molecular complexity index is 1010. The molecule has 0 fully saturated rings. The van der Waals surface area contributed by atoms with Gasteiger partial charge in [-0.05, 0) is 35.7 Å². The number of hydrogen-bond acceptors (Lipinski definition) is 3. The van der Waals surface area contributed by atoms with Gasteiger partial charge in [0, 0.05) is 5.69 Å². The normalized spacial score (nSPS) is 12.1. The zero-order chi connectivity index (χ0) is 22.0. The zero-order valence-electron chi connectivity index (χ0n) is 15.9. The third-order valence-corrected chi connectivity index (χ3v) is 5.53. The van der Waals surface area contributed by atoms with Crippen molar-refractivity contribution in [2.45, 2.75) is 25.9 Å². The summed E-state index contributed by atoms with van der Waals surface area (Å²) in [5.74, 6) is -0.798. The van der Waals surface area contributed by atoms with Gasteiger partial charge in [-0.1, -0.05) is 43.6 Å². The highest BCUT2D eigenvalue weighted by Gasteiger charge is 2.33. The van der Waals surface area contributed by atoms with Crippen LogP contribution >= 0.6 is 11.6 Å². The van der Waals surface area contributed by atoms with E-state index in [-0.39, 0.29) is 11.6 Å². The summed E-state index contributed by atoms with van der Waals surface area (Å²) in [6.07, 6.45) is -3.73. The lowest BCUT2D eigenvalue weighted by Crippen LogP contribution is -2.38. The van der Waals surface area contributed by atoms with Crippen LogP contribution in [-0.2, 0) is 21.0 Å². The van der Waals surface area contributed by atoms with E-state index in [1.165, 1.54) is 6.07 Å². The Hall–Kier alpha value is -2.26. The number of para-hydroxylation sites is 1. The largest absolute Gasteiger partial charge is 0.417 e. The van der Waals surface area contributed by atoms with Gasteiger partial charge in [-0.25, -0.2) is 8.42 Å². The Labute approximate surface area is 172 Å². The van der Waals surface area contributed by atoms with Crippen LogP contribution in [0.25, 0.3) is 0 Å². The van der Waals surface area contributed by atoms with Crippen LogP contribution in [0, 0.1) is 0 Å². The summed E-state index contributed by atoms with van der Waals surface area (Å²) >= 11 is 5.57. The van der Waals surface area contributed by atoms with Gasteiger partial charge in [-0.15, -0.1) is 0 Å². The van der Waals surface area contributed by atoms with Crippen molar-refractivity contribution in [3.8, 4) is 0 Å². The van der Waals surface area contributed by atoms with Crippen molar-refractivity contribution < 1.29 is 26.4 Å². The maximum atomic E-state index is 13.0. The van der Waals surface area contributed by atoms with Crippen LogP contribution in [0.5, 0.6) is 0 Å². The number of benzene rings is 2. The molecule has 0 aromatic heterocycles. The minimum absolute atomic E-state index is 0.0101. The molecule has 2 rings (SSSR count). The summed E-state index contributed by atoms with van der Waals surface area (Å²) in [5.41, 5.74) is -0.178. The first-order valence-corrected chi connectivity index (χ1v) is 10.8. The first kappa shape index (κ1) is 23.0. The molecule has 0 bridgehead atoms. The first-order chi connectivity index (χ1) is 13.3. The molecule has 158 valence electrons. The van der Waals surface area contributed by atoms with Gasteiger partial charge in [0.1, 0.15) is 6.54 Å². The number of amides is 1. The van der Waals surface area contributed by atoms with Gasteiger partial charge in [0.2, 0.25) is 15.9 Å². The quantitative estimate of drug-likeness (QED) is 0.684. The smallest absolute Gasteiger partial charge is 0.324 e. The molecule has 0 spiro atoms. The fraction of sp³-hybridized carbons (Fsp3) is 0.316. The first-order valence-electron chi connectivity index (χ1n) is 8.54. The number of alkyl halides is 3. The monoisotopic (exact) mass is 448 g/mol. The standard InChI is InChI=1S/C19H20ClF3N2O3S/c1-12(2)14-6-4-5-7-17(14)25(29(3,27)28)11-18(26)24-13-8-9-16(20)15(10-13)19(21,22)23/h4-10,12H,11H2,1-3H3,(H,24,26). The molecule has 10 heteroatoms. The van der Waals surface area contributed by atoms with E-state index in [1.807, 2.05) is 13.8 Å². The van der Waals surface area contributed by atoms with Crippen molar-refractivity contribution >= 4 is 38.9 Å². The second kappa shape index (κ2) is 8.62. The Morgan fingerprint density at radius 3 is 2.34 bits per heavy atom. The molecule has 0 aliphatic heterocycles. The molecule has 1 amide bonds. The molecule has 0 unspecified atom stereocenters. The predicted octanol–water partition coefficient (Wildman–Crippen LogP) is 4.89. The second-order valence-electron chi connectivity index (χ2n) is 6.72. The summed E-state index contributed by atoms with van der Waals surface area (Å²) in [4.78, 5) is 12.4. The third-order valence-electron chi connectivity index (χ3n) is 4.07. The number of halogens is 4. The van der Waals surface area contributed by atoms with E-state index in [1.54, 1.807) is 24.3 Å². The SMILES string of the molecule is CC(C)c1ccccc1N(CC(=O)Nc1ccc(Cl)c(C(F)(F)F)c1)S(C)(=O)=O. The van der Waals surface area contributed by atoms with E-state index in [2.05, 4.69) is 5.32 Å². The summed E-state index contributed by atoms with van der Waals surface area (Å²) in [6, 6.07) is 9.66. The van der Waals surface area contributed by atoms with Crippen LogP contribution < -0.4 is 9.62 Å². The van der Waals surface area contributed by atoms with Crippen LogP contribution in [-0.4, -0.2) is 27.1 Å². The van der Waals surface area contributed by atoms with E-state index < -0.39 is 39.2 Å². The van der Waals surface area contributed by atoms with Gasteiger partial charge in [-0.2, -0.15) is 13.2 Å². The van der Waals surface area contributed by atoms with Gasteiger partial charge < -0.3 is 5.32 Å². The van der Waals surface area contributed by atoms with Gasteiger partial charge in [0.15, 0.2) is 0 Å². The molecule has 0 atom stereocenters. The maximum absolute atomic E-state index is 13.0. The molecule has 0 aliphatic rings. The van der Waals surface area contributed by atoms with Gasteiger partial charge in [0.25, 0.3) is 0 Å². The van der Waals surface area contributed by atoms with E-state index in [0.29, 0.717) is 11.8 Å². The fourth-order valence-electron chi connectivity index (χ4n) is 2.74. The van der Waals surface area contributed by atoms with Crippen LogP contribution in [0.4, 0.5) is 24.5 Å². The highest BCUT2D eigenvalue weighted by Crippen LogP contribution is 2.36. The summed E-state index contributed by atoms with van der Waals surface area (Å²) < 4.78 is 64.5. The molecular formula is C19H20ClF3N2O3S. The predicted molar refractivity (Wildman–Crippen MR) is 108 cm³/mol. The van der Waals surface area contributed by atoms with Crippen LogP contribution in [0.2, 0.25) is 5.02 Å². The van der Waals surface area contributed by atoms with Gasteiger partial charge >= 0.3 is 6.18 Å². The lowest BCUT2D eigenvalue weighted by molar-refractivity contribution is -0.137. The number of carbonyl (C=O) groups is 1. The lowest BCUT2D eigenvalue weighted by atomic mass is 10.0. The van der Waals surface area contributed by atoms with Crippen LogP contribution in [0.15, 0.2) is 42.5 Å². The Kier molecular flexibility index (Phi) is 6.85. The Morgan fingerprint density at radius 1 is 1.17 bits per heavy atom. The fourth-order valence-corrected chi connectivity index (χ4v) is 3.84. The minimum atomic E-state index is -4.69. The zero-order valence-corrected chi connectivity index (χ0v) is 17.5. The van der Waals surface area contributed by atoms with E-state index in [4.69, 9.17) is 11.6 Å². The minimum Gasteiger partial charge on any atom is -0.324 e. The highest BCUT2D eigenvalue weighted by molar-refractivity contribution is 7.92. The number of anilines is 2. The summed E-state index contributed by atoms with van der Waals surface area (Å²) in [7, 11) is -3.83. The number of carbonyl (C=O) groups excluding carboxylic acids is 1. The van der Waals surface area contributed by atoms with Crippen LogP contribution in [0.3, 0.4) is 0 Å². The van der Waals surface area contributed by atoms with Crippen molar-refractivity contribution in [1.29, 1.82) is 0 Å². The number of sulfonamides is 1. The van der Waals surface area contributed by atoms with Gasteiger partial charge in [0.05, 0.1) is 22.5 Å². The van der Waals surface area contributed by atoms with Crippen molar-refractivity contribution in [3.63, 3.8) is 0 Å². The third kappa shape index (κ3) is 5.86. The molecular weight excluding hydrogens is 429 g/mol. The summed E-state index contributed by atoms with van der Waals surface area (Å²) in [6.45, 7) is 3.17. The number of rotatable bonds is 6. The van der Waals surface area contributed by atoms with Crippen molar-refractivity contribution in [1.82, 2.24) is 0 Å². The molecule has 5 nitrogen and oxygen atoms in total. The van der Waals surface area contributed by atoms with E-state index in [0.717, 1.165) is 22.2 Å². The highest BCUT2D eigenvalue weighted by atomic mass is 35.5. The molecule has 0 aliphatic carbocycles. The average molecular weight is 449 g/mol. The molecule has 2 aromatic carbocycles. The van der Waals surface area contributed by atoms with Crippen molar-refractivity contribution in [2.75, 3.05) is 22.4 Å². The topological polar surface area (TPSA) is 66.5 Å². The van der Waals surface area contributed by atoms with Crippen LogP contribution in [0.1, 0.15) is 30.9 Å². The van der Waals surface area contributed by atoms with E-state index in [9.17, 15) is 26.4 Å². The molecule has 0 saturated heterocycles. The average Bonchev–Trinajstić information content (AvgIpc) is 2.59. The van der Waals surface area contributed by atoms with Crippen molar-refractivity contribution in [3.05, 3.63) is 58.6 Å². The van der Waals surface area contributed by atoms with Crippen molar-refractivity contribution in [2.24, 2.45) is 0 Å². The van der Waals surface area contributed by atoms with Gasteiger partial charge in [-0.3, -0.25) is 9.10 Å². The number of hydrogen-bond donors (Lipinski definition) is 1. The number of nitrogens with zero attached hydrogens (tertiary/aromatic N) is 1. The second-order valence-corrected chi connectivity index (χ2v) is 9.04.